The van der Waals surface area contributed by atoms with E-state index in [1.165, 1.54) is 17.4 Å². The molecule has 1 aromatic heterocycles. The highest BCUT2D eigenvalue weighted by Crippen LogP contribution is 2.37. The van der Waals surface area contributed by atoms with Crippen molar-refractivity contribution in [3.05, 3.63) is 39.4 Å². The van der Waals surface area contributed by atoms with Crippen LogP contribution in [0.3, 0.4) is 0 Å². The molecule has 1 atom stereocenters. The van der Waals surface area contributed by atoms with Crippen LogP contribution in [0.2, 0.25) is 5.02 Å². The minimum absolute atomic E-state index is 0.0641. The number of amides is 2. The average Bonchev–Trinajstić information content (AvgIpc) is 2.99. The molecule has 168 valence electrons. The van der Waals surface area contributed by atoms with Crippen LogP contribution in [0.5, 0.6) is 0 Å². The summed E-state index contributed by atoms with van der Waals surface area (Å²) in [6.07, 6.45) is -3.45. The van der Waals surface area contributed by atoms with E-state index in [0.717, 1.165) is 22.7 Å². The Balaban J connectivity index is 1.60. The number of anilines is 2. The van der Waals surface area contributed by atoms with Crippen molar-refractivity contribution in [2.24, 2.45) is 5.92 Å². The first-order valence-corrected chi connectivity index (χ1v) is 10.9. The maximum atomic E-state index is 13.3. The molecule has 11 heteroatoms. The van der Waals surface area contributed by atoms with Gasteiger partial charge in [0.25, 0.3) is 0 Å². The monoisotopic (exact) mass is 474 g/mol. The Morgan fingerprint density at radius 2 is 2.03 bits per heavy atom. The van der Waals surface area contributed by atoms with E-state index in [-0.39, 0.29) is 29.7 Å². The van der Waals surface area contributed by atoms with Crippen LogP contribution < -0.4 is 10.6 Å². The second-order valence-corrected chi connectivity index (χ2v) is 9.10. The van der Waals surface area contributed by atoms with Gasteiger partial charge in [-0.2, -0.15) is 13.2 Å². The van der Waals surface area contributed by atoms with Crippen molar-refractivity contribution in [3.63, 3.8) is 0 Å². The molecule has 3 rings (SSSR count). The highest BCUT2D eigenvalue weighted by atomic mass is 35.5. The van der Waals surface area contributed by atoms with E-state index >= 15 is 0 Å². The molecule has 1 fully saturated rings. The zero-order valence-corrected chi connectivity index (χ0v) is 18.5. The first kappa shape index (κ1) is 23.5. The molecule has 0 saturated carbocycles. The van der Waals surface area contributed by atoms with E-state index in [0.29, 0.717) is 24.5 Å². The molecule has 2 N–H and O–H groups in total. The van der Waals surface area contributed by atoms with Gasteiger partial charge in [0.05, 0.1) is 29.4 Å². The van der Waals surface area contributed by atoms with Crippen molar-refractivity contribution in [2.45, 2.75) is 32.9 Å². The molecule has 31 heavy (non-hydrogen) atoms. The molecule has 2 aromatic rings. The van der Waals surface area contributed by atoms with Gasteiger partial charge >= 0.3 is 6.18 Å². The molecule has 2 heterocycles. The molecule has 1 aliphatic heterocycles. The van der Waals surface area contributed by atoms with Gasteiger partial charge in [0.1, 0.15) is 0 Å². The van der Waals surface area contributed by atoms with Crippen LogP contribution in [0.4, 0.5) is 24.0 Å². The van der Waals surface area contributed by atoms with Gasteiger partial charge < -0.3 is 10.6 Å². The first-order valence-electron chi connectivity index (χ1n) is 9.67. The lowest BCUT2D eigenvalue weighted by molar-refractivity contribution is -0.137. The SMILES string of the molecule is Cc1nc(NC(=O)CN2CCCC(C(=O)Nc3ccc(Cl)cc3C(F)(F)F)C2)sc1C. The highest BCUT2D eigenvalue weighted by molar-refractivity contribution is 7.15. The fraction of sp³-hybridized carbons (Fsp3) is 0.450. The molecule has 1 aromatic carbocycles. The fourth-order valence-electron chi connectivity index (χ4n) is 3.40. The predicted molar refractivity (Wildman–Crippen MR) is 114 cm³/mol. The molecule has 1 aliphatic rings. The molecule has 1 unspecified atom stereocenters. The Kier molecular flexibility index (Phi) is 7.23. The van der Waals surface area contributed by atoms with E-state index in [1.54, 1.807) is 0 Å². The Hall–Kier alpha value is -2.17. The molecule has 6 nitrogen and oxygen atoms in total. The van der Waals surface area contributed by atoms with Crippen LogP contribution in [0.1, 0.15) is 29.0 Å². The Morgan fingerprint density at radius 1 is 1.29 bits per heavy atom. The Labute approximate surface area is 186 Å². The summed E-state index contributed by atoms with van der Waals surface area (Å²) in [4.78, 5) is 32.1. The van der Waals surface area contributed by atoms with Crippen LogP contribution in [0.15, 0.2) is 18.2 Å². The number of nitrogens with zero attached hydrogens (tertiary/aromatic N) is 2. The summed E-state index contributed by atoms with van der Waals surface area (Å²) in [6, 6.07) is 3.23. The number of halogens is 4. The molecule has 0 bridgehead atoms. The van der Waals surface area contributed by atoms with E-state index in [9.17, 15) is 22.8 Å². The average molecular weight is 475 g/mol. The maximum Gasteiger partial charge on any atom is 0.418 e. The third-order valence-corrected chi connectivity index (χ3v) is 6.29. The summed E-state index contributed by atoms with van der Waals surface area (Å²) in [5.41, 5.74) is -0.462. The van der Waals surface area contributed by atoms with Gasteiger partial charge in [0.2, 0.25) is 11.8 Å². The van der Waals surface area contributed by atoms with Crippen LogP contribution >= 0.6 is 22.9 Å². The van der Waals surface area contributed by atoms with E-state index < -0.39 is 23.6 Å². The second kappa shape index (κ2) is 9.54. The number of hydrogen-bond acceptors (Lipinski definition) is 5. The summed E-state index contributed by atoms with van der Waals surface area (Å²) in [5.74, 6) is -1.28. The van der Waals surface area contributed by atoms with Crippen LogP contribution in [-0.2, 0) is 15.8 Å². The van der Waals surface area contributed by atoms with Gasteiger partial charge in [-0.05, 0) is 51.4 Å². The van der Waals surface area contributed by atoms with Gasteiger partial charge in [-0.1, -0.05) is 11.6 Å². The number of piperidine rings is 1. The Morgan fingerprint density at radius 3 is 2.68 bits per heavy atom. The normalized spacial score (nSPS) is 17.4. The van der Waals surface area contributed by atoms with Crippen LogP contribution in [0, 0.1) is 19.8 Å². The van der Waals surface area contributed by atoms with Crippen molar-refractivity contribution in [1.82, 2.24) is 9.88 Å². The summed E-state index contributed by atoms with van der Waals surface area (Å²) in [5, 5.41) is 5.59. The van der Waals surface area contributed by atoms with E-state index in [1.807, 2.05) is 18.7 Å². The number of thiazole rings is 1. The number of benzene rings is 1. The number of carbonyl (C=O) groups excluding carboxylic acids is 2. The number of carbonyl (C=O) groups is 2. The molecular formula is C20H22ClF3N4O2S. The topological polar surface area (TPSA) is 74.3 Å². The third-order valence-electron chi connectivity index (χ3n) is 5.06. The summed E-state index contributed by atoms with van der Waals surface area (Å²) < 4.78 is 39.8. The Bertz CT molecular complexity index is 960. The predicted octanol–water partition coefficient (Wildman–Crippen LogP) is 4.72. The largest absolute Gasteiger partial charge is 0.418 e. The van der Waals surface area contributed by atoms with Crippen LogP contribution in [0.25, 0.3) is 0 Å². The zero-order valence-electron chi connectivity index (χ0n) is 17.0. The highest BCUT2D eigenvalue weighted by Gasteiger charge is 2.35. The summed E-state index contributed by atoms with van der Waals surface area (Å²) >= 11 is 7.07. The quantitative estimate of drug-likeness (QED) is 0.657. The standard InChI is InChI=1S/C20H22ClF3N4O2S/c1-11-12(2)31-19(25-11)27-17(29)10-28-7-3-4-13(9-28)18(30)26-16-6-5-14(21)8-15(16)20(22,23)24/h5-6,8,13H,3-4,7,9-10H2,1-2H3,(H,26,30)(H,25,27,29). The minimum atomic E-state index is -4.64. The smallest absolute Gasteiger partial charge is 0.325 e. The first-order chi connectivity index (χ1) is 14.5. The maximum absolute atomic E-state index is 13.3. The summed E-state index contributed by atoms with van der Waals surface area (Å²) in [6.45, 7) is 4.77. The van der Waals surface area contributed by atoms with Gasteiger partial charge in [0, 0.05) is 16.4 Å². The number of hydrogen-bond donors (Lipinski definition) is 2. The zero-order chi connectivity index (χ0) is 22.8. The molecule has 1 saturated heterocycles. The van der Waals surface area contributed by atoms with E-state index in [2.05, 4.69) is 15.6 Å². The van der Waals surface area contributed by atoms with Gasteiger partial charge in [0.15, 0.2) is 5.13 Å². The molecule has 0 aliphatic carbocycles. The third kappa shape index (κ3) is 6.18. The van der Waals surface area contributed by atoms with Gasteiger partial charge in [-0.25, -0.2) is 4.98 Å². The summed E-state index contributed by atoms with van der Waals surface area (Å²) in [7, 11) is 0. The van der Waals surface area contributed by atoms with Crippen molar-refractivity contribution < 1.29 is 22.8 Å². The molecule has 0 spiro atoms. The second-order valence-electron chi connectivity index (χ2n) is 7.46. The number of alkyl halides is 3. The minimum Gasteiger partial charge on any atom is -0.325 e. The van der Waals surface area contributed by atoms with Gasteiger partial charge in [-0.3, -0.25) is 14.5 Å². The van der Waals surface area contributed by atoms with Crippen molar-refractivity contribution >= 4 is 45.6 Å². The fourth-order valence-corrected chi connectivity index (χ4v) is 4.40. The number of nitrogens with one attached hydrogen (secondary N) is 2. The number of rotatable bonds is 5. The number of aromatic nitrogens is 1. The van der Waals surface area contributed by atoms with E-state index in [4.69, 9.17) is 11.6 Å². The lowest BCUT2D eigenvalue weighted by Crippen LogP contribution is -2.44. The lowest BCUT2D eigenvalue weighted by Gasteiger charge is -2.31. The number of likely N-dealkylation sites (tertiary alicyclic amines) is 1. The molecular weight excluding hydrogens is 453 g/mol. The molecule has 0 radical (unpaired) electrons. The van der Waals surface area contributed by atoms with Crippen molar-refractivity contribution in [1.29, 1.82) is 0 Å². The lowest BCUT2D eigenvalue weighted by atomic mass is 9.96. The number of aryl methyl sites for hydroxylation is 2. The van der Waals surface area contributed by atoms with Crippen molar-refractivity contribution in [2.75, 3.05) is 30.3 Å². The molecule has 2 amide bonds. The van der Waals surface area contributed by atoms with Crippen molar-refractivity contribution in [3.8, 4) is 0 Å². The van der Waals surface area contributed by atoms with Gasteiger partial charge in [-0.15, -0.1) is 11.3 Å². The van der Waals surface area contributed by atoms with Crippen LogP contribution in [-0.4, -0.2) is 41.3 Å².